The van der Waals surface area contributed by atoms with Crippen LogP contribution in [-0.2, 0) is 9.53 Å². The van der Waals surface area contributed by atoms with Gasteiger partial charge < -0.3 is 10.1 Å². The van der Waals surface area contributed by atoms with Crippen LogP contribution in [0.1, 0.15) is 19.0 Å². The molecule has 2 heterocycles. The number of hydrogen-bond donors (Lipinski definition) is 1. The monoisotopic (exact) mass is 302 g/mol. The minimum absolute atomic E-state index is 0.00482. The van der Waals surface area contributed by atoms with E-state index in [0.717, 1.165) is 28.4 Å². The van der Waals surface area contributed by atoms with Crippen LogP contribution in [0.4, 0.5) is 5.69 Å². The summed E-state index contributed by atoms with van der Waals surface area (Å²) in [6, 6.07) is 7.82. The Hall–Kier alpha value is -1.72. The lowest BCUT2D eigenvalue weighted by Crippen LogP contribution is -2.27. The molecule has 0 bridgehead atoms. The average molecular weight is 302 g/mol. The van der Waals surface area contributed by atoms with Gasteiger partial charge in [-0.1, -0.05) is 12.1 Å². The molecule has 1 aliphatic rings. The topological polar surface area (TPSA) is 51.2 Å². The van der Waals surface area contributed by atoms with Gasteiger partial charge in [0.05, 0.1) is 12.0 Å². The minimum atomic E-state index is -0.0595. The van der Waals surface area contributed by atoms with Crippen molar-refractivity contribution in [2.45, 2.75) is 26.4 Å². The third-order valence-electron chi connectivity index (χ3n) is 3.71. The average Bonchev–Trinajstić information content (AvgIpc) is 3.08. The van der Waals surface area contributed by atoms with E-state index in [1.807, 2.05) is 43.5 Å². The fourth-order valence-corrected chi connectivity index (χ4v) is 3.32. The molecule has 0 unspecified atom stereocenters. The number of anilines is 1. The van der Waals surface area contributed by atoms with Crippen LogP contribution >= 0.6 is 11.3 Å². The first-order valence-electron chi connectivity index (χ1n) is 7.08. The molecule has 1 aromatic heterocycles. The van der Waals surface area contributed by atoms with Crippen LogP contribution in [-0.4, -0.2) is 23.6 Å². The Balaban J connectivity index is 1.76. The molecular formula is C16H18N2O2S. The number of carbonyl (C=O) groups excluding carboxylic acids is 1. The highest BCUT2D eigenvalue weighted by molar-refractivity contribution is 7.13. The second-order valence-corrected chi connectivity index (χ2v) is 6.19. The van der Waals surface area contributed by atoms with Crippen molar-refractivity contribution in [3.8, 4) is 10.6 Å². The summed E-state index contributed by atoms with van der Waals surface area (Å²) in [6.07, 6.45) is 0.785. The van der Waals surface area contributed by atoms with Crippen molar-refractivity contribution in [1.29, 1.82) is 0 Å². The smallest absolute Gasteiger partial charge is 0.230 e. The van der Waals surface area contributed by atoms with E-state index in [-0.39, 0.29) is 17.9 Å². The SMILES string of the molecule is Cc1csc(-c2cccc(NC(=O)[C@H]3CCO[C@H]3C)c2)n1. The van der Waals surface area contributed by atoms with Crippen LogP contribution < -0.4 is 5.32 Å². The summed E-state index contributed by atoms with van der Waals surface area (Å²) < 4.78 is 5.45. The molecule has 1 saturated heterocycles. The van der Waals surface area contributed by atoms with Crippen molar-refractivity contribution in [2.24, 2.45) is 5.92 Å². The Kier molecular flexibility index (Phi) is 4.03. The van der Waals surface area contributed by atoms with Crippen LogP contribution in [0.15, 0.2) is 29.6 Å². The first-order chi connectivity index (χ1) is 10.1. The Morgan fingerprint density at radius 1 is 1.48 bits per heavy atom. The van der Waals surface area contributed by atoms with Gasteiger partial charge >= 0.3 is 0 Å². The Bertz CT molecular complexity index is 653. The zero-order valence-electron chi connectivity index (χ0n) is 12.1. The number of aromatic nitrogens is 1. The quantitative estimate of drug-likeness (QED) is 0.944. The molecular weight excluding hydrogens is 284 g/mol. The molecule has 0 aliphatic carbocycles. The number of thiazole rings is 1. The van der Waals surface area contributed by atoms with Gasteiger partial charge in [0.25, 0.3) is 0 Å². The van der Waals surface area contributed by atoms with E-state index in [1.165, 1.54) is 0 Å². The van der Waals surface area contributed by atoms with Crippen molar-refractivity contribution in [3.05, 3.63) is 35.3 Å². The number of nitrogens with zero attached hydrogens (tertiary/aromatic N) is 1. The maximum Gasteiger partial charge on any atom is 0.230 e. The van der Waals surface area contributed by atoms with Gasteiger partial charge in [-0.05, 0) is 32.4 Å². The number of carbonyl (C=O) groups is 1. The van der Waals surface area contributed by atoms with Gasteiger partial charge in [-0.2, -0.15) is 0 Å². The molecule has 110 valence electrons. The highest BCUT2D eigenvalue weighted by atomic mass is 32.1. The Morgan fingerprint density at radius 2 is 2.33 bits per heavy atom. The van der Waals surface area contributed by atoms with Crippen LogP contribution in [0.5, 0.6) is 0 Å². The summed E-state index contributed by atoms with van der Waals surface area (Å²) in [7, 11) is 0. The first-order valence-corrected chi connectivity index (χ1v) is 7.96. The molecule has 5 heteroatoms. The predicted octanol–water partition coefficient (Wildman–Crippen LogP) is 3.48. The van der Waals surface area contributed by atoms with E-state index in [4.69, 9.17) is 4.74 Å². The number of nitrogens with one attached hydrogen (secondary N) is 1. The lowest BCUT2D eigenvalue weighted by atomic mass is 10.0. The number of hydrogen-bond acceptors (Lipinski definition) is 4. The van der Waals surface area contributed by atoms with Crippen LogP contribution in [0.2, 0.25) is 0 Å². The Morgan fingerprint density at radius 3 is 3.00 bits per heavy atom. The van der Waals surface area contributed by atoms with E-state index < -0.39 is 0 Å². The predicted molar refractivity (Wildman–Crippen MR) is 84.4 cm³/mol. The van der Waals surface area contributed by atoms with Crippen LogP contribution in [0.25, 0.3) is 10.6 Å². The highest BCUT2D eigenvalue weighted by Gasteiger charge is 2.30. The zero-order chi connectivity index (χ0) is 14.8. The molecule has 2 atom stereocenters. The fourth-order valence-electron chi connectivity index (χ4n) is 2.53. The number of ether oxygens (including phenoxy) is 1. The molecule has 0 radical (unpaired) electrons. The normalized spacial score (nSPS) is 21.4. The summed E-state index contributed by atoms with van der Waals surface area (Å²) in [5, 5.41) is 5.99. The summed E-state index contributed by atoms with van der Waals surface area (Å²) in [6.45, 7) is 4.59. The summed E-state index contributed by atoms with van der Waals surface area (Å²) in [5.41, 5.74) is 2.85. The van der Waals surface area contributed by atoms with Crippen LogP contribution in [0.3, 0.4) is 0 Å². The molecule has 1 fully saturated rings. The molecule has 4 nitrogen and oxygen atoms in total. The molecule has 1 aliphatic heterocycles. The van der Waals surface area contributed by atoms with E-state index in [0.29, 0.717) is 6.61 Å². The summed E-state index contributed by atoms with van der Waals surface area (Å²) >= 11 is 1.61. The second kappa shape index (κ2) is 5.95. The molecule has 2 aromatic rings. The largest absolute Gasteiger partial charge is 0.378 e. The van der Waals surface area contributed by atoms with E-state index in [2.05, 4.69) is 10.3 Å². The molecule has 21 heavy (non-hydrogen) atoms. The maximum absolute atomic E-state index is 12.3. The number of aryl methyl sites for hydroxylation is 1. The fraction of sp³-hybridized carbons (Fsp3) is 0.375. The molecule has 1 aromatic carbocycles. The van der Waals surface area contributed by atoms with Crippen molar-refractivity contribution >= 4 is 22.9 Å². The summed E-state index contributed by atoms with van der Waals surface area (Å²) in [5.74, 6) is -0.0248. The van der Waals surface area contributed by atoms with E-state index in [9.17, 15) is 4.79 Å². The van der Waals surface area contributed by atoms with Gasteiger partial charge in [0.15, 0.2) is 0 Å². The number of benzene rings is 1. The van der Waals surface area contributed by atoms with Gasteiger partial charge in [0.1, 0.15) is 5.01 Å². The third kappa shape index (κ3) is 3.14. The van der Waals surface area contributed by atoms with Crippen molar-refractivity contribution in [2.75, 3.05) is 11.9 Å². The molecule has 1 amide bonds. The minimum Gasteiger partial charge on any atom is -0.378 e. The number of amides is 1. The van der Waals surface area contributed by atoms with Crippen LogP contribution in [0, 0.1) is 12.8 Å². The van der Waals surface area contributed by atoms with Gasteiger partial charge in [0.2, 0.25) is 5.91 Å². The van der Waals surface area contributed by atoms with Gasteiger partial charge in [-0.3, -0.25) is 4.79 Å². The third-order valence-corrected chi connectivity index (χ3v) is 4.72. The first kappa shape index (κ1) is 14.2. The molecule has 0 saturated carbocycles. The molecule has 1 N–H and O–H groups in total. The van der Waals surface area contributed by atoms with Crippen molar-refractivity contribution < 1.29 is 9.53 Å². The van der Waals surface area contributed by atoms with Gasteiger partial charge in [0, 0.05) is 28.9 Å². The Labute approximate surface area is 128 Å². The van der Waals surface area contributed by atoms with Gasteiger partial charge in [-0.15, -0.1) is 11.3 Å². The molecule has 0 spiro atoms. The van der Waals surface area contributed by atoms with E-state index >= 15 is 0 Å². The second-order valence-electron chi connectivity index (χ2n) is 5.34. The lowest BCUT2D eigenvalue weighted by molar-refractivity contribution is -0.121. The number of rotatable bonds is 3. The maximum atomic E-state index is 12.3. The van der Waals surface area contributed by atoms with Crippen molar-refractivity contribution in [3.63, 3.8) is 0 Å². The van der Waals surface area contributed by atoms with E-state index in [1.54, 1.807) is 11.3 Å². The van der Waals surface area contributed by atoms with Gasteiger partial charge in [-0.25, -0.2) is 4.98 Å². The standard InChI is InChI=1S/C16H18N2O2S/c1-10-9-21-16(17-10)12-4-3-5-13(8-12)18-15(19)14-6-7-20-11(14)2/h3-5,8-9,11,14H,6-7H2,1-2H3,(H,18,19)/t11-,14-/m0/s1. The van der Waals surface area contributed by atoms with Crippen molar-refractivity contribution in [1.82, 2.24) is 4.98 Å². The highest BCUT2D eigenvalue weighted by Crippen LogP contribution is 2.27. The lowest BCUT2D eigenvalue weighted by Gasteiger charge is -2.14. The molecule has 3 rings (SSSR count). The summed E-state index contributed by atoms with van der Waals surface area (Å²) in [4.78, 5) is 16.7. The zero-order valence-corrected chi connectivity index (χ0v) is 12.9.